The van der Waals surface area contributed by atoms with E-state index in [2.05, 4.69) is 4.98 Å². The van der Waals surface area contributed by atoms with E-state index >= 15 is 0 Å². The minimum atomic E-state index is -1.05. The van der Waals surface area contributed by atoms with Gasteiger partial charge in [0, 0.05) is 17.6 Å². The van der Waals surface area contributed by atoms with Gasteiger partial charge in [0.15, 0.2) is 11.5 Å². The topological polar surface area (TPSA) is 90.4 Å². The molecule has 0 aliphatic carbocycles. The third-order valence-corrected chi connectivity index (χ3v) is 6.13. The van der Waals surface area contributed by atoms with Crippen LogP contribution >= 0.6 is 0 Å². The molecule has 0 spiro atoms. The molecule has 8 heteroatoms. The van der Waals surface area contributed by atoms with Crippen molar-refractivity contribution in [2.45, 2.75) is 20.4 Å². The second-order valence-electron chi connectivity index (χ2n) is 8.19. The van der Waals surface area contributed by atoms with Gasteiger partial charge < -0.3 is 24.1 Å². The maximum Gasteiger partial charge on any atom is 0.412 e. The summed E-state index contributed by atoms with van der Waals surface area (Å²) in [5, 5.41) is 10.7. The van der Waals surface area contributed by atoms with E-state index in [0.717, 1.165) is 22.1 Å². The molecule has 1 N–H and O–H groups in total. The number of aromatic nitrogens is 1. The van der Waals surface area contributed by atoms with Gasteiger partial charge in [-0.3, -0.25) is 9.88 Å². The van der Waals surface area contributed by atoms with E-state index in [1.54, 1.807) is 51.8 Å². The molecule has 0 atom stereocenters. The fraction of sp³-hybridized carbons (Fsp3) is 0.214. The summed E-state index contributed by atoms with van der Waals surface area (Å²) in [6.07, 6.45) is 0.621. The minimum Gasteiger partial charge on any atom is -0.497 e. The highest BCUT2D eigenvalue weighted by Gasteiger charge is 2.20. The molecular weight excluding hydrogens is 460 g/mol. The monoisotopic (exact) mass is 488 g/mol. The summed E-state index contributed by atoms with van der Waals surface area (Å²) in [7, 11) is 4.73. The zero-order valence-electron chi connectivity index (χ0n) is 20.9. The second kappa shape index (κ2) is 10.4. The lowest BCUT2D eigenvalue weighted by atomic mass is 10.1. The lowest BCUT2D eigenvalue weighted by molar-refractivity contribution is 0.201. The Bertz CT molecular complexity index is 1420. The van der Waals surface area contributed by atoms with Crippen molar-refractivity contribution in [1.29, 1.82) is 0 Å². The highest BCUT2D eigenvalue weighted by molar-refractivity contribution is 5.89. The Labute approximate surface area is 209 Å². The van der Waals surface area contributed by atoms with Gasteiger partial charge in [0.25, 0.3) is 0 Å². The normalized spacial score (nSPS) is 10.7. The summed E-state index contributed by atoms with van der Waals surface area (Å²) in [5.74, 6) is 3.04. The molecule has 0 radical (unpaired) electrons. The third-order valence-electron chi connectivity index (χ3n) is 6.13. The average Bonchev–Trinajstić information content (AvgIpc) is 2.89. The van der Waals surface area contributed by atoms with Crippen LogP contribution in [0.5, 0.6) is 28.7 Å². The van der Waals surface area contributed by atoms with Crippen molar-refractivity contribution in [3.8, 4) is 28.7 Å². The van der Waals surface area contributed by atoms with Crippen molar-refractivity contribution in [3.05, 3.63) is 77.5 Å². The van der Waals surface area contributed by atoms with Crippen molar-refractivity contribution in [1.82, 2.24) is 4.98 Å². The van der Waals surface area contributed by atoms with Crippen molar-refractivity contribution >= 4 is 22.7 Å². The van der Waals surface area contributed by atoms with Crippen LogP contribution in [0.15, 0.2) is 60.8 Å². The smallest absolute Gasteiger partial charge is 0.412 e. The van der Waals surface area contributed by atoms with Gasteiger partial charge >= 0.3 is 6.09 Å². The number of amides is 1. The fourth-order valence-electron chi connectivity index (χ4n) is 4.05. The van der Waals surface area contributed by atoms with Crippen LogP contribution in [0.25, 0.3) is 10.9 Å². The summed E-state index contributed by atoms with van der Waals surface area (Å²) in [4.78, 5) is 17.9. The molecule has 186 valence electrons. The average molecular weight is 489 g/mol. The molecule has 1 aromatic heterocycles. The van der Waals surface area contributed by atoms with E-state index < -0.39 is 6.09 Å². The lowest BCUT2D eigenvalue weighted by Crippen LogP contribution is -2.29. The Hall–Kier alpha value is -4.46. The number of carbonyl (C=O) groups is 1. The van der Waals surface area contributed by atoms with E-state index in [0.29, 0.717) is 40.0 Å². The fourth-order valence-corrected chi connectivity index (χ4v) is 4.05. The van der Waals surface area contributed by atoms with E-state index in [4.69, 9.17) is 18.9 Å². The van der Waals surface area contributed by atoms with E-state index in [1.165, 1.54) is 4.90 Å². The molecule has 1 heterocycles. The number of ether oxygens (including phenoxy) is 4. The van der Waals surface area contributed by atoms with Crippen molar-refractivity contribution in [3.63, 3.8) is 0 Å². The van der Waals surface area contributed by atoms with Crippen LogP contribution in [0, 0.1) is 13.8 Å². The molecule has 0 saturated carbocycles. The maximum absolute atomic E-state index is 12.2. The molecule has 3 aromatic carbocycles. The van der Waals surface area contributed by atoms with Crippen molar-refractivity contribution in [2.75, 3.05) is 26.2 Å². The maximum atomic E-state index is 12.2. The molecule has 0 fully saturated rings. The Morgan fingerprint density at radius 3 is 2.31 bits per heavy atom. The quantitative estimate of drug-likeness (QED) is 0.309. The van der Waals surface area contributed by atoms with Gasteiger partial charge in [0.1, 0.15) is 17.2 Å². The molecule has 1 amide bonds. The molecule has 0 aliphatic rings. The Morgan fingerprint density at radius 1 is 0.861 bits per heavy atom. The number of methoxy groups -OCH3 is 3. The third kappa shape index (κ3) is 4.84. The molecule has 8 nitrogen and oxygen atoms in total. The van der Waals surface area contributed by atoms with Crippen molar-refractivity contribution in [2.24, 2.45) is 0 Å². The van der Waals surface area contributed by atoms with Gasteiger partial charge in [-0.25, -0.2) is 4.79 Å². The van der Waals surface area contributed by atoms with Crippen LogP contribution in [0.3, 0.4) is 0 Å². The molecule has 36 heavy (non-hydrogen) atoms. The lowest BCUT2D eigenvalue weighted by Gasteiger charge is -2.24. The Balaban J connectivity index is 1.69. The summed E-state index contributed by atoms with van der Waals surface area (Å²) >= 11 is 0. The van der Waals surface area contributed by atoms with Crippen LogP contribution in [0.4, 0.5) is 10.5 Å². The van der Waals surface area contributed by atoms with Gasteiger partial charge in [0.05, 0.1) is 39.1 Å². The first-order valence-electron chi connectivity index (χ1n) is 11.3. The Morgan fingerprint density at radius 2 is 1.61 bits per heavy atom. The van der Waals surface area contributed by atoms with Gasteiger partial charge in [-0.05, 0) is 66.9 Å². The summed E-state index contributed by atoms with van der Waals surface area (Å²) in [6.45, 7) is 3.98. The molecule has 0 bridgehead atoms. The minimum absolute atomic E-state index is 0.184. The molecule has 0 unspecified atom stereocenters. The van der Waals surface area contributed by atoms with Gasteiger partial charge in [-0.15, -0.1) is 0 Å². The van der Waals surface area contributed by atoms with Crippen molar-refractivity contribution < 1.29 is 28.8 Å². The number of benzene rings is 3. The van der Waals surface area contributed by atoms with Crippen LogP contribution in [0.1, 0.15) is 16.7 Å². The van der Waals surface area contributed by atoms with Crippen LogP contribution in [-0.2, 0) is 6.54 Å². The number of pyridine rings is 1. The van der Waals surface area contributed by atoms with Crippen LogP contribution in [-0.4, -0.2) is 37.5 Å². The standard InChI is InChI=1S/C28H28N2O6/c1-17-18(2)24(36-25-11-12-29-22-15-27(35-5)26(34-4)14-21(22)25)10-9-23(17)30(28(31)32)16-19-7-6-8-20(13-19)33-3/h6-15H,16H2,1-5H3,(H,31,32). The summed E-state index contributed by atoms with van der Waals surface area (Å²) < 4.78 is 22.4. The zero-order chi connectivity index (χ0) is 25.8. The number of hydrogen-bond donors (Lipinski definition) is 1. The second-order valence-corrected chi connectivity index (χ2v) is 8.19. The number of fused-ring (bicyclic) bond motifs is 1. The van der Waals surface area contributed by atoms with Crippen LogP contribution in [0.2, 0.25) is 0 Å². The molecular formula is C28H28N2O6. The predicted octanol–water partition coefficient (Wildman–Crippen LogP) is 6.35. The Kier molecular flexibility index (Phi) is 7.15. The van der Waals surface area contributed by atoms with Gasteiger partial charge in [-0.2, -0.15) is 0 Å². The number of anilines is 1. The number of rotatable bonds is 8. The molecule has 4 aromatic rings. The summed E-state index contributed by atoms with van der Waals surface area (Å²) in [6, 6.07) is 16.3. The van der Waals surface area contributed by atoms with E-state index in [1.807, 2.05) is 44.2 Å². The first-order valence-corrected chi connectivity index (χ1v) is 11.3. The number of nitrogens with zero attached hydrogens (tertiary/aromatic N) is 2. The summed E-state index contributed by atoms with van der Waals surface area (Å²) in [5.41, 5.74) is 3.74. The largest absolute Gasteiger partial charge is 0.497 e. The number of hydrogen-bond acceptors (Lipinski definition) is 6. The van der Waals surface area contributed by atoms with E-state index in [-0.39, 0.29) is 6.54 Å². The first-order chi connectivity index (χ1) is 17.4. The zero-order valence-corrected chi connectivity index (χ0v) is 20.9. The molecule has 4 rings (SSSR count). The molecule has 0 aliphatic heterocycles. The SMILES string of the molecule is COc1cccc(CN(C(=O)O)c2ccc(Oc3ccnc4cc(OC)c(OC)cc34)c(C)c2C)c1. The highest BCUT2D eigenvalue weighted by atomic mass is 16.5. The van der Waals surface area contributed by atoms with Gasteiger partial charge in [0.2, 0.25) is 0 Å². The van der Waals surface area contributed by atoms with Gasteiger partial charge in [-0.1, -0.05) is 12.1 Å². The first kappa shape index (κ1) is 24.7. The van der Waals surface area contributed by atoms with E-state index in [9.17, 15) is 9.90 Å². The number of carboxylic acid groups (broad SMARTS) is 1. The highest BCUT2D eigenvalue weighted by Crippen LogP contribution is 2.39. The molecule has 0 saturated heterocycles. The predicted molar refractivity (Wildman–Crippen MR) is 138 cm³/mol. The van der Waals surface area contributed by atoms with Crippen LogP contribution < -0.4 is 23.8 Å².